The molecule has 0 bridgehead atoms. The lowest BCUT2D eigenvalue weighted by molar-refractivity contribution is -0.134. The van der Waals surface area contributed by atoms with Crippen LogP contribution in [0.1, 0.15) is 24.5 Å². The van der Waals surface area contributed by atoms with Crippen molar-refractivity contribution in [2.24, 2.45) is 0 Å². The number of aliphatic carboxylic acids is 2. The second-order valence-electron chi connectivity index (χ2n) is 7.09. The molecule has 1 aliphatic heterocycles. The van der Waals surface area contributed by atoms with Crippen LogP contribution in [0.15, 0.2) is 60.8 Å². The van der Waals surface area contributed by atoms with E-state index >= 15 is 0 Å². The van der Waals surface area contributed by atoms with Crippen LogP contribution in [-0.4, -0.2) is 62.0 Å². The molecule has 1 aromatic carbocycles. The Balaban J connectivity index is 0.000000275. The zero-order valence-electron chi connectivity index (χ0n) is 16.7. The van der Waals surface area contributed by atoms with Crippen LogP contribution in [-0.2, 0) is 9.59 Å². The molecule has 3 aromatic rings. The molecular weight excluding hydrogens is 384 g/mol. The second kappa shape index (κ2) is 9.80. The van der Waals surface area contributed by atoms with Crippen LogP contribution in [0.4, 0.5) is 0 Å². The third kappa shape index (κ3) is 5.30. The highest BCUT2D eigenvalue weighted by Crippen LogP contribution is 2.32. The summed E-state index contributed by atoms with van der Waals surface area (Å²) in [7, 11) is 2.20. The molecule has 8 nitrogen and oxygen atoms in total. The SMILES string of the molecule is CN1CCC(c2nn(-c3ccccn3)c3ccccc23)CC1.O=C(O)/C=C/C(=O)O. The summed E-state index contributed by atoms with van der Waals surface area (Å²) in [5, 5.41) is 21.8. The van der Waals surface area contributed by atoms with E-state index in [2.05, 4.69) is 41.2 Å². The fourth-order valence-electron chi connectivity index (χ4n) is 3.47. The van der Waals surface area contributed by atoms with E-state index in [9.17, 15) is 9.59 Å². The first-order chi connectivity index (χ1) is 14.5. The first kappa shape index (κ1) is 21.2. The molecule has 30 heavy (non-hydrogen) atoms. The third-order valence-corrected chi connectivity index (χ3v) is 4.96. The standard InChI is InChI=1S/C18H20N4.C4H4O4/c1-21-12-9-14(10-13-21)18-15-6-2-3-7-16(15)22(20-18)17-8-4-5-11-19-17;5-3(6)1-2-4(7)8/h2-8,11,14H,9-10,12-13H2,1H3;1-2H,(H,5,6)(H,7,8)/b;2-1+. The van der Waals surface area contributed by atoms with E-state index in [1.807, 2.05) is 29.1 Å². The van der Waals surface area contributed by atoms with Crippen LogP contribution in [0.2, 0.25) is 0 Å². The quantitative estimate of drug-likeness (QED) is 0.639. The number of aromatic nitrogens is 3. The van der Waals surface area contributed by atoms with Gasteiger partial charge in [-0.1, -0.05) is 24.3 Å². The van der Waals surface area contributed by atoms with Gasteiger partial charge in [-0.25, -0.2) is 19.3 Å². The first-order valence-corrected chi connectivity index (χ1v) is 9.67. The fraction of sp³-hybridized carbons (Fsp3) is 0.273. The topological polar surface area (TPSA) is 109 Å². The second-order valence-corrected chi connectivity index (χ2v) is 7.09. The lowest BCUT2D eigenvalue weighted by Gasteiger charge is -2.28. The molecule has 0 atom stereocenters. The molecule has 0 unspecified atom stereocenters. The summed E-state index contributed by atoms with van der Waals surface area (Å²) in [6, 6.07) is 14.5. The van der Waals surface area contributed by atoms with E-state index in [4.69, 9.17) is 15.3 Å². The number of carboxylic acid groups (broad SMARTS) is 2. The molecule has 2 aromatic heterocycles. The van der Waals surface area contributed by atoms with Gasteiger partial charge in [0.05, 0.1) is 11.2 Å². The number of carbonyl (C=O) groups is 2. The molecule has 4 rings (SSSR count). The van der Waals surface area contributed by atoms with Crippen molar-refractivity contribution >= 4 is 22.8 Å². The van der Waals surface area contributed by atoms with Crippen molar-refractivity contribution in [1.29, 1.82) is 0 Å². The zero-order valence-corrected chi connectivity index (χ0v) is 16.7. The highest BCUT2D eigenvalue weighted by molar-refractivity contribution is 5.89. The molecule has 156 valence electrons. The van der Waals surface area contributed by atoms with Gasteiger partial charge >= 0.3 is 11.9 Å². The van der Waals surface area contributed by atoms with Gasteiger partial charge in [0.25, 0.3) is 0 Å². The Morgan fingerprint density at radius 1 is 1.00 bits per heavy atom. The molecule has 1 saturated heterocycles. The first-order valence-electron chi connectivity index (χ1n) is 9.67. The Morgan fingerprint density at radius 2 is 1.63 bits per heavy atom. The minimum Gasteiger partial charge on any atom is -0.478 e. The number of hydrogen-bond donors (Lipinski definition) is 2. The summed E-state index contributed by atoms with van der Waals surface area (Å²) >= 11 is 0. The number of piperidine rings is 1. The van der Waals surface area contributed by atoms with Crippen molar-refractivity contribution in [2.75, 3.05) is 20.1 Å². The summed E-state index contributed by atoms with van der Waals surface area (Å²) < 4.78 is 1.99. The largest absolute Gasteiger partial charge is 0.478 e. The van der Waals surface area contributed by atoms with Crippen molar-refractivity contribution in [3.63, 3.8) is 0 Å². The molecule has 0 amide bonds. The fourth-order valence-corrected chi connectivity index (χ4v) is 3.47. The maximum Gasteiger partial charge on any atom is 0.328 e. The average Bonchev–Trinajstić information content (AvgIpc) is 3.14. The van der Waals surface area contributed by atoms with Crippen LogP contribution in [0, 0.1) is 0 Å². The van der Waals surface area contributed by atoms with Crippen molar-refractivity contribution in [3.05, 3.63) is 66.5 Å². The Bertz CT molecular complexity index is 1020. The molecule has 0 saturated carbocycles. The van der Waals surface area contributed by atoms with Gasteiger partial charge in [-0.2, -0.15) is 5.10 Å². The Labute approximate surface area is 174 Å². The summed E-state index contributed by atoms with van der Waals surface area (Å²) in [5.41, 5.74) is 2.38. The number of benzene rings is 1. The summed E-state index contributed by atoms with van der Waals surface area (Å²) in [6.45, 7) is 2.30. The molecule has 0 spiro atoms. The normalized spacial score (nSPS) is 15.1. The molecule has 3 heterocycles. The van der Waals surface area contributed by atoms with Crippen LogP contribution in [0.3, 0.4) is 0 Å². The number of fused-ring (bicyclic) bond motifs is 1. The van der Waals surface area contributed by atoms with Crippen LogP contribution >= 0.6 is 0 Å². The van der Waals surface area contributed by atoms with Gasteiger partial charge in [0.1, 0.15) is 0 Å². The number of nitrogens with zero attached hydrogens (tertiary/aromatic N) is 4. The lowest BCUT2D eigenvalue weighted by atomic mass is 9.92. The van der Waals surface area contributed by atoms with E-state index in [1.54, 1.807) is 0 Å². The van der Waals surface area contributed by atoms with Gasteiger partial charge in [-0.3, -0.25) is 0 Å². The van der Waals surface area contributed by atoms with Crippen molar-refractivity contribution in [2.45, 2.75) is 18.8 Å². The summed E-state index contributed by atoms with van der Waals surface area (Å²) in [5.74, 6) is -1.08. The predicted octanol–water partition coefficient (Wildman–Crippen LogP) is 2.94. The van der Waals surface area contributed by atoms with Gasteiger partial charge in [0.15, 0.2) is 5.82 Å². The third-order valence-electron chi connectivity index (χ3n) is 4.96. The number of para-hydroxylation sites is 1. The van der Waals surface area contributed by atoms with Gasteiger partial charge in [0.2, 0.25) is 0 Å². The molecule has 2 N–H and O–H groups in total. The minimum absolute atomic E-state index is 0.547. The lowest BCUT2D eigenvalue weighted by Crippen LogP contribution is -2.29. The molecule has 1 fully saturated rings. The number of carboxylic acids is 2. The molecular formula is C22H24N4O4. The van der Waals surface area contributed by atoms with Crippen LogP contribution in [0.5, 0.6) is 0 Å². The number of pyridine rings is 1. The Hall–Kier alpha value is -3.52. The molecule has 0 aliphatic carbocycles. The maximum absolute atomic E-state index is 9.55. The predicted molar refractivity (Wildman–Crippen MR) is 113 cm³/mol. The van der Waals surface area contributed by atoms with Crippen LogP contribution in [0.25, 0.3) is 16.7 Å². The number of likely N-dealkylation sites (tertiary alicyclic amines) is 1. The molecule has 0 radical (unpaired) electrons. The Kier molecular flexibility index (Phi) is 6.92. The van der Waals surface area contributed by atoms with E-state index in [0.29, 0.717) is 18.1 Å². The van der Waals surface area contributed by atoms with E-state index in [-0.39, 0.29) is 0 Å². The van der Waals surface area contributed by atoms with E-state index in [1.165, 1.54) is 23.9 Å². The zero-order chi connectivity index (χ0) is 21.5. The number of rotatable bonds is 4. The minimum atomic E-state index is -1.26. The monoisotopic (exact) mass is 408 g/mol. The van der Waals surface area contributed by atoms with Gasteiger partial charge in [-0.15, -0.1) is 0 Å². The molecule has 8 heteroatoms. The van der Waals surface area contributed by atoms with Crippen LogP contribution < -0.4 is 0 Å². The highest BCUT2D eigenvalue weighted by Gasteiger charge is 2.24. The van der Waals surface area contributed by atoms with E-state index < -0.39 is 11.9 Å². The summed E-state index contributed by atoms with van der Waals surface area (Å²) in [6.07, 6.45) is 5.30. The summed E-state index contributed by atoms with van der Waals surface area (Å²) in [4.78, 5) is 26.0. The van der Waals surface area contributed by atoms with Crippen molar-refractivity contribution < 1.29 is 19.8 Å². The van der Waals surface area contributed by atoms with E-state index in [0.717, 1.165) is 24.4 Å². The van der Waals surface area contributed by atoms with Crippen molar-refractivity contribution in [1.82, 2.24) is 19.7 Å². The molecule has 1 aliphatic rings. The van der Waals surface area contributed by atoms with Gasteiger partial charge in [-0.05, 0) is 51.2 Å². The Morgan fingerprint density at radius 3 is 2.23 bits per heavy atom. The van der Waals surface area contributed by atoms with Crippen molar-refractivity contribution in [3.8, 4) is 5.82 Å². The highest BCUT2D eigenvalue weighted by atomic mass is 16.4. The smallest absolute Gasteiger partial charge is 0.328 e. The number of hydrogen-bond acceptors (Lipinski definition) is 5. The van der Waals surface area contributed by atoms with Gasteiger partial charge in [0, 0.05) is 29.7 Å². The maximum atomic E-state index is 9.55. The van der Waals surface area contributed by atoms with Gasteiger partial charge < -0.3 is 15.1 Å². The average molecular weight is 408 g/mol.